The third-order valence-electron chi connectivity index (χ3n) is 6.87. The highest BCUT2D eigenvalue weighted by molar-refractivity contribution is 7.87. The van der Waals surface area contributed by atoms with Gasteiger partial charge in [0.2, 0.25) is 16.5 Å². The molecule has 0 atom stereocenters. The second kappa shape index (κ2) is 13.6. The summed E-state index contributed by atoms with van der Waals surface area (Å²) in [5, 5.41) is 5.81. The number of amides is 1. The Morgan fingerprint density at radius 2 is 1.62 bits per heavy atom. The zero-order valence-corrected chi connectivity index (χ0v) is 24.2. The van der Waals surface area contributed by atoms with Crippen molar-refractivity contribution in [3.8, 4) is 5.75 Å². The Labute approximate surface area is 243 Å². The van der Waals surface area contributed by atoms with Crippen LogP contribution in [0.2, 0.25) is 10.6 Å². The molecular weight excluding hydrogens is 577 g/mol. The average Bonchev–Trinajstić information content (AvgIpc) is 2.95. The summed E-state index contributed by atoms with van der Waals surface area (Å²) < 4.78 is 36.0. The van der Waals surface area contributed by atoms with Crippen LogP contribution in [0.1, 0.15) is 41.6 Å². The fourth-order valence-electron chi connectivity index (χ4n) is 4.85. The predicted octanol–water partition coefficient (Wildman–Crippen LogP) is 3.33. The van der Waals surface area contributed by atoms with Crippen molar-refractivity contribution < 1.29 is 17.9 Å². The van der Waals surface area contributed by atoms with Gasteiger partial charge in [-0.25, -0.2) is 4.72 Å². The van der Waals surface area contributed by atoms with Gasteiger partial charge >= 0.3 is 0 Å². The van der Waals surface area contributed by atoms with Gasteiger partial charge in [-0.3, -0.25) is 4.79 Å². The Morgan fingerprint density at radius 1 is 0.975 bits per heavy atom. The normalized spacial score (nSPS) is 19.1. The highest BCUT2D eigenvalue weighted by atomic mass is 35.5. The second-order valence-corrected chi connectivity index (χ2v) is 11.7. The number of nitrogens with zero attached hydrogens (tertiary/aromatic N) is 3. The van der Waals surface area contributed by atoms with Gasteiger partial charge in [0.1, 0.15) is 5.75 Å². The Hall–Kier alpha value is -3.03. The molecule has 14 heteroatoms. The number of nitrogens with one attached hydrogen (secondary N) is 4. The SMILES string of the molecule is COc1ccccc1C(=O)NCC1(c2ccccc2)CCC(NS(=O)(=O)NCCNc2nc(Cl)nc(Cl)n2)CC1. The quantitative estimate of drug-likeness (QED) is 0.229. The summed E-state index contributed by atoms with van der Waals surface area (Å²) in [6.07, 6.45) is 2.61. The Balaban J connectivity index is 1.33. The van der Waals surface area contributed by atoms with Gasteiger partial charge in [-0.15, -0.1) is 0 Å². The number of para-hydroxylation sites is 1. The van der Waals surface area contributed by atoms with E-state index in [9.17, 15) is 13.2 Å². The van der Waals surface area contributed by atoms with Crippen molar-refractivity contribution in [3.63, 3.8) is 0 Å². The van der Waals surface area contributed by atoms with Crippen molar-refractivity contribution in [2.24, 2.45) is 0 Å². The highest BCUT2D eigenvalue weighted by Gasteiger charge is 2.38. The molecule has 1 aromatic heterocycles. The molecule has 2 aromatic carbocycles. The molecular formula is C26H31Cl2N7O4S. The summed E-state index contributed by atoms with van der Waals surface area (Å²) in [5.74, 6) is 0.449. The van der Waals surface area contributed by atoms with E-state index in [-0.39, 0.29) is 47.0 Å². The lowest BCUT2D eigenvalue weighted by Gasteiger charge is -2.41. The summed E-state index contributed by atoms with van der Waals surface area (Å²) in [6.45, 7) is 0.722. The fraction of sp³-hybridized carbons (Fsp3) is 0.385. The molecule has 0 radical (unpaired) electrons. The molecule has 1 heterocycles. The van der Waals surface area contributed by atoms with E-state index in [2.05, 4.69) is 47.2 Å². The summed E-state index contributed by atoms with van der Waals surface area (Å²) in [5.41, 5.74) is 1.25. The fourth-order valence-corrected chi connectivity index (χ4v) is 6.34. The van der Waals surface area contributed by atoms with Crippen LogP contribution in [0, 0.1) is 0 Å². The first kappa shape index (κ1) is 29.9. The number of hydrogen-bond acceptors (Lipinski definition) is 8. The lowest BCUT2D eigenvalue weighted by Crippen LogP contribution is -2.49. The van der Waals surface area contributed by atoms with Crippen molar-refractivity contribution in [1.82, 2.24) is 29.7 Å². The number of aromatic nitrogens is 3. The number of rotatable bonds is 12. The van der Waals surface area contributed by atoms with Crippen molar-refractivity contribution >= 4 is 45.3 Å². The van der Waals surface area contributed by atoms with E-state index in [1.165, 1.54) is 7.11 Å². The Bertz CT molecular complexity index is 1380. The molecule has 0 aliphatic heterocycles. The molecule has 3 aromatic rings. The molecule has 0 bridgehead atoms. The van der Waals surface area contributed by atoms with Gasteiger partial charge in [-0.05, 0) is 66.6 Å². The smallest absolute Gasteiger partial charge is 0.277 e. The molecule has 214 valence electrons. The van der Waals surface area contributed by atoms with Crippen LogP contribution >= 0.6 is 23.2 Å². The molecule has 40 heavy (non-hydrogen) atoms. The van der Waals surface area contributed by atoms with Crippen LogP contribution in [-0.2, 0) is 15.6 Å². The molecule has 11 nitrogen and oxygen atoms in total. The lowest BCUT2D eigenvalue weighted by atomic mass is 9.68. The topological polar surface area (TPSA) is 147 Å². The molecule has 0 saturated heterocycles. The first-order valence-electron chi connectivity index (χ1n) is 12.7. The maximum atomic E-state index is 13.0. The van der Waals surface area contributed by atoms with Crippen LogP contribution in [-0.4, -0.2) is 62.1 Å². The summed E-state index contributed by atoms with van der Waals surface area (Å²) >= 11 is 11.5. The van der Waals surface area contributed by atoms with E-state index >= 15 is 0 Å². The van der Waals surface area contributed by atoms with E-state index < -0.39 is 10.2 Å². The van der Waals surface area contributed by atoms with E-state index in [0.29, 0.717) is 43.5 Å². The van der Waals surface area contributed by atoms with E-state index in [1.807, 2.05) is 24.3 Å². The number of anilines is 1. The molecule has 0 unspecified atom stereocenters. The largest absolute Gasteiger partial charge is 0.496 e. The maximum Gasteiger partial charge on any atom is 0.277 e. The van der Waals surface area contributed by atoms with Crippen LogP contribution in [0.5, 0.6) is 5.75 Å². The number of halogens is 2. The average molecular weight is 609 g/mol. The Kier molecular flexibility index (Phi) is 10.1. The Morgan fingerprint density at radius 3 is 2.30 bits per heavy atom. The van der Waals surface area contributed by atoms with Gasteiger partial charge in [0.15, 0.2) is 0 Å². The first-order valence-corrected chi connectivity index (χ1v) is 15.0. The van der Waals surface area contributed by atoms with Gasteiger partial charge in [0.05, 0.1) is 12.7 Å². The molecule has 4 N–H and O–H groups in total. The number of carbonyl (C=O) groups is 1. The molecule has 1 saturated carbocycles. The van der Waals surface area contributed by atoms with Crippen molar-refractivity contribution in [2.45, 2.75) is 37.1 Å². The maximum absolute atomic E-state index is 13.0. The molecule has 4 rings (SSSR count). The minimum atomic E-state index is -3.75. The van der Waals surface area contributed by atoms with E-state index in [0.717, 1.165) is 5.56 Å². The number of benzene rings is 2. The number of ether oxygens (including phenoxy) is 1. The standard InChI is InChI=1S/C26H31Cl2N7O4S/c1-39-21-10-6-5-9-20(21)22(36)30-17-26(18-7-3-2-4-8-18)13-11-19(12-14-26)35-40(37,38)31-16-15-29-25-33-23(27)32-24(28)34-25/h2-10,19,31,35H,11-17H2,1H3,(H,30,36)(H,29,32,33,34). The summed E-state index contributed by atoms with van der Waals surface area (Å²) in [7, 11) is -2.22. The minimum Gasteiger partial charge on any atom is -0.496 e. The van der Waals surface area contributed by atoms with E-state index in [1.54, 1.807) is 18.2 Å². The van der Waals surface area contributed by atoms with Gasteiger partial charge in [-0.1, -0.05) is 42.5 Å². The summed E-state index contributed by atoms with van der Waals surface area (Å²) in [4.78, 5) is 24.4. The number of hydrogen-bond donors (Lipinski definition) is 4. The second-order valence-electron chi connectivity index (χ2n) is 9.44. The van der Waals surface area contributed by atoms with Gasteiger partial charge in [-0.2, -0.15) is 28.1 Å². The highest BCUT2D eigenvalue weighted by Crippen LogP contribution is 2.39. The molecule has 1 amide bonds. The molecule has 1 aliphatic carbocycles. The molecule has 0 spiro atoms. The number of methoxy groups -OCH3 is 1. The van der Waals surface area contributed by atoms with Crippen molar-refractivity contribution in [2.75, 3.05) is 32.1 Å². The van der Waals surface area contributed by atoms with E-state index in [4.69, 9.17) is 27.9 Å². The monoisotopic (exact) mass is 607 g/mol. The van der Waals surface area contributed by atoms with Crippen molar-refractivity contribution in [3.05, 3.63) is 76.3 Å². The van der Waals surface area contributed by atoms with Gasteiger partial charge in [0.25, 0.3) is 16.1 Å². The zero-order valence-electron chi connectivity index (χ0n) is 21.9. The summed E-state index contributed by atoms with van der Waals surface area (Å²) in [6, 6.07) is 16.9. The van der Waals surface area contributed by atoms with Crippen LogP contribution in [0.25, 0.3) is 0 Å². The zero-order chi connectivity index (χ0) is 28.6. The molecule has 1 fully saturated rings. The third kappa shape index (κ3) is 8.01. The van der Waals surface area contributed by atoms with Crippen LogP contribution in [0.15, 0.2) is 54.6 Å². The third-order valence-corrected chi connectivity index (χ3v) is 8.44. The van der Waals surface area contributed by atoms with Gasteiger partial charge in [0, 0.05) is 31.1 Å². The van der Waals surface area contributed by atoms with Gasteiger partial charge < -0.3 is 15.4 Å². The van der Waals surface area contributed by atoms with Crippen LogP contribution in [0.3, 0.4) is 0 Å². The predicted molar refractivity (Wildman–Crippen MR) is 154 cm³/mol. The first-order chi connectivity index (χ1) is 19.2. The van der Waals surface area contributed by atoms with Crippen molar-refractivity contribution in [1.29, 1.82) is 0 Å². The van der Waals surface area contributed by atoms with Crippen LogP contribution in [0.4, 0.5) is 5.95 Å². The minimum absolute atomic E-state index is 0.0621. The molecule has 1 aliphatic rings. The number of carbonyl (C=O) groups excluding carboxylic acids is 1. The lowest BCUT2D eigenvalue weighted by molar-refractivity contribution is 0.0932. The van der Waals surface area contributed by atoms with Crippen LogP contribution < -0.4 is 24.8 Å².